The molecule has 2 rings (SSSR count). The number of hydrogen-bond donors (Lipinski definition) is 1. The van der Waals surface area contributed by atoms with Gasteiger partial charge in [0.1, 0.15) is 5.82 Å². The van der Waals surface area contributed by atoms with Crippen molar-refractivity contribution in [3.8, 4) is 0 Å². The van der Waals surface area contributed by atoms with Crippen molar-refractivity contribution >= 4 is 16.7 Å². The van der Waals surface area contributed by atoms with E-state index in [0.717, 1.165) is 11.3 Å². The molecular weight excluding hydrogens is 208 g/mol. The Morgan fingerprint density at radius 3 is 2.35 bits per heavy atom. The normalized spacial score (nSPS) is 11.2. The van der Waals surface area contributed by atoms with Gasteiger partial charge < -0.3 is 5.32 Å². The highest BCUT2D eigenvalue weighted by molar-refractivity contribution is 5.87. The van der Waals surface area contributed by atoms with Gasteiger partial charge in [-0.2, -0.15) is 0 Å². The maximum absolute atomic E-state index is 4.76. The van der Waals surface area contributed by atoms with Crippen LogP contribution in [0.1, 0.15) is 36.5 Å². The van der Waals surface area contributed by atoms with Crippen LogP contribution in [0.25, 0.3) is 10.9 Å². The second-order valence-corrected chi connectivity index (χ2v) is 4.93. The second kappa shape index (κ2) is 4.36. The van der Waals surface area contributed by atoms with E-state index in [4.69, 9.17) is 4.98 Å². The molecule has 1 aromatic carbocycles. The van der Waals surface area contributed by atoms with E-state index in [1.807, 2.05) is 7.05 Å². The van der Waals surface area contributed by atoms with Crippen molar-refractivity contribution in [3.63, 3.8) is 0 Å². The summed E-state index contributed by atoms with van der Waals surface area (Å²) in [6.45, 7) is 8.67. The average Bonchev–Trinajstić information content (AvgIpc) is 2.32. The molecule has 0 aliphatic heterocycles. The molecule has 0 saturated carbocycles. The molecule has 0 unspecified atom stereocenters. The minimum absolute atomic E-state index is 0.481. The first kappa shape index (κ1) is 11.9. The Morgan fingerprint density at radius 2 is 1.76 bits per heavy atom. The van der Waals surface area contributed by atoms with Crippen LogP contribution in [0.3, 0.4) is 0 Å². The van der Waals surface area contributed by atoms with E-state index >= 15 is 0 Å². The third-order valence-electron chi connectivity index (χ3n) is 3.29. The molecule has 0 atom stereocenters. The Kier molecular flexibility index (Phi) is 3.05. The van der Waals surface area contributed by atoms with Crippen molar-refractivity contribution in [2.45, 2.75) is 33.6 Å². The van der Waals surface area contributed by atoms with E-state index in [-0.39, 0.29) is 0 Å². The summed E-state index contributed by atoms with van der Waals surface area (Å²) in [5.74, 6) is 1.48. The molecular formula is C15H20N2. The summed E-state index contributed by atoms with van der Waals surface area (Å²) in [6.07, 6.45) is 0. The first-order valence-corrected chi connectivity index (χ1v) is 6.13. The highest BCUT2D eigenvalue weighted by Gasteiger charge is 2.11. The van der Waals surface area contributed by atoms with Crippen LogP contribution in [-0.4, -0.2) is 12.0 Å². The predicted octanol–water partition coefficient (Wildman–Crippen LogP) is 4.02. The molecule has 2 heteroatoms. The van der Waals surface area contributed by atoms with E-state index in [1.54, 1.807) is 0 Å². The van der Waals surface area contributed by atoms with Crippen molar-refractivity contribution in [3.05, 3.63) is 34.9 Å². The topological polar surface area (TPSA) is 24.9 Å². The second-order valence-electron chi connectivity index (χ2n) is 4.93. The van der Waals surface area contributed by atoms with Crippen LogP contribution in [0.5, 0.6) is 0 Å². The van der Waals surface area contributed by atoms with Crippen LogP contribution in [0.2, 0.25) is 0 Å². The summed E-state index contributed by atoms with van der Waals surface area (Å²) in [7, 11) is 1.94. The fourth-order valence-electron chi connectivity index (χ4n) is 2.19. The molecule has 0 bridgehead atoms. The van der Waals surface area contributed by atoms with Gasteiger partial charge in [0, 0.05) is 12.4 Å². The fraction of sp³-hybridized carbons (Fsp3) is 0.400. The number of benzene rings is 1. The van der Waals surface area contributed by atoms with Crippen LogP contribution >= 0.6 is 0 Å². The van der Waals surface area contributed by atoms with Gasteiger partial charge in [0.2, 0.25) is 0 Å². The number of rotatable bonds is 2. The minimum Gasteiger partial charge on any atom is -0.373 e. The number of pyridine rings is 1. The maximum atomic E-state index is 4.76. The van der Waals surface area contributed by atoms with E-state index in [9.17, 15) is 0 Å². The SMILES string of the molecule is CNc1nc2c(C)ccc(C)c2cc1C(C)C. The molecule has 1 N–H and O–H groups in total. The first-order chi connectivity index (χ1) is 8.04. The molecule has 2 nitrogen and oxygen atoms in total. The minimum atomic E-state index is 0.481. The smallest absolute Gasteiger partial charge is 0.129 e. The average molecular weight is 228 g/mol. The summed E-state index contributed by atoms with van der Waals surface area (Å²) in [5.41, 5.74) is 4.92. The summed E-state index contributed by atoms with van der Waals surface area (Å²) in [4.78, 5) is 4.76. The van der Waals surface area contributed by atoms with Gasteiger partial charge >= 0.3 is 0 Å². The molecule has 0 amide bonds. The highest BCUT2D eigenvalue weighted by Crippen LogP contribution is 2.29. The van der Waals surface area contributed by atoms with Gasteiger partial charge in [-0.1, -0.05) is 26.0 Å². The lowest BCUT2D eigenvalue weighted by atomic mass is 9.98. The zero-order valence-electron chi connectivity index (χ0n) is 11.3. The summed E-state index contributed by atoms with van der Waals surface area (Å²) >= 11 is 0. The van der Waals surface area contributed by atoms with Crippen LogP contribution in [0, 0.1) is 13.8 Å². The van der Waals surface area contributed by atoms with Gasteiger partial charge in [0.25, 0.3) is 0 Å². The highest BCUT2D eigenvalue weighted by atomic mass is 15.0. The van der Waals surface area contributed by atoms with E-state index in [1.165, 1.54) is 22.1 Å². The zero-order valence-corrected chi connectivity index (χ0v) is 11.3. The van der Waals surface area contributed by atoms with Crippen molar-refractivity contribution in [2.24, 2.45) is 0 Å². The molecule has 1 aromatic heterocycles. The van der Waals surface area contributed by atoms with Crippen LogP contribution < -0.4 is 5.32 Å². The molecule has 17 heavy (non-hydrogen) atoms. The van der Waals surface area contributed by atoms with E-state index in [2.05, 4.69) is 51.2 Å². The number of nitrogens with one attached hydrogen (secondary N) is 1. The predicted molar refractivity (Wildman–Crippen MR) is 74.9 cm³/mol. The van der Waals surface area contributed by atoms with E-state index in [0.29, 0.717) is 5.92 Å². The van der Waals surface area contributed by atoms with Crippen LogP contribution in [-0.2, 0) is 0 Å². The zero-order chi connectivity index (χ0) is 12.6. The number of anilines is 1. The largest absolute Gasteiger partial charge is 0.373 e. The Hall–Kier alpha value is -1.57. The van der Waals surface area contributed by atoms with Gasteiger partial charge in [0.05, 0.1) is 5.52 Å². The monoisotopic (exact) mass is 228 g/mol. The molecule has 0 saturated heterocycles. The summed E-state index contributed by atoms with van der Waals surface area (Å²) < 4.78 is 0. The molecule has 2 aromatic rings. The molecule has 0 aliphatic rings. The van der Waals surface area contributed by atoms with Gasteiger partial charge in [0.15, 0.2) is 0 Å². The molecule has 0 spiro atoms. The molecule has 0 aliphatic carbocycles. The number of fused-ring (bicyclic) bond motifs is 1. The fourth-order valence-corrected chi connectivity index (χ4v) is 2.19. The molecule has 90 valence electrons. The number of nitrogens with zero attached hydrogens (tertiary/aromatic N) is 1. The lowest BCUT2D eigenvalue weighted by Crippen LogP contribution is -2.02. The number of hydrogen-bond acceptors (Lipinski definition) is 2. The van der Waals surface area contributed by atoms with Crippen molar-refractivity contribution in [1.82, 2.24) is 4.98 Å². The molecule has 0 fully saturated rings. The first-order valence-electron chi connectivity index (χ1n) is 6.13. The lowest BCUT2D eigenvalue weighted by molar-refractivity contribution is 0.864. The standard InChI is InChI=1S/C15H20N2/c1-9(2)12-8-13-10(3)6-7-11(4)14(13)17-15(12)16-5/h6-9H,1-5H3,(H,16,17). The van der Waals surface area contributed by atoms with Crippen LogP contribution in [0.15, 0.2) is 18.2 Å². The van der Waals surface area contributed by atoms with Crippen LogP contribution in [0.4, 0.5) is 5.82 Å². The van der Waals surface area contributed by atoms with Crippen molar-refractivity contribution < 1.29 is 0 Å². The Bertz CT molecular complexity index is 556. The van der Waals surface area contributed by atoms with Crippen molar-refractivity contribution in [2.75, 3.05) is 12.4 Å². The number of aromatic nitrogens is 1. The van der Waals surface area contributed by atoms with Gasteiger partial charge in [-0.15, -0.1) is 0 Å². The molecule has 1 heterocycles. The quantitative estimate of drug-likeness (QED) is 0.839. The summed E-state index contributed by atoms with van der Waals surface area (Å²) in [6, 6.07) is 6.59. The van der Waals surface area contributed by atoms with Gasteiger partial charge in [-0.05, 0) is 42.5 Å². The van der Waals surface area contributed by atoms with E-state index < -0.39 is 0 Å². The Balaban J connectivity index is 2.83. The van der Waals surface area contributed by atoms with Gasteiger partial charge in [-0.25, -0.2) is 4.98 Å². The number of aryl methyl sites for hydroxylation is 2. The summed E-state index contributed by atoms with van der Waals surface area (Å²) in [5, 5.41) is 4.48. The Labute approximate surface area is 103 Å². The maximum Gasteiger partial charge on any atom is 0.129 e. The van der Waals surface area contributed by atoms with Gasteiger partial charge in [-0.3, -0.25) is 0 Å². The van der Waals surface area contributed by atoms with Crippen molar-refractivity contribution in [1.29, 1.82) is 0 Å². The third kappa shape index (κ3) is 1.99. The Morgan fingerprint density at radius 1 is 1.12 bits per heavy atom. The lowest BCUT2D eigenvalue weighted by Gasteiger charge is -2.15. The third-order valence-corrected chi connectivity index (χ3v) is 3.29. The molecule has 0 radical (unpaired) electrons.